The first-order valence-corrected chi connectivity index (χ1v) is 4.57. The zero-order chi connectivity index (χ0) is 12.8. The number of amides is 1. The van der Waals surface area contributed by atoms with Gasteiger partial charge in [0.15, 0.2) is 0 Å². The summed E-state index contributed by atoms with van der Waals surface area (Å²) in [6, 6.07) is 0. The highest BCUT2D eigenvalue weighted by Crippen LogP contribution is 2.03. The SMILES string of the molecule is COCC(OC)OC(=O)NC(C)(C)C(=O)O. The van der Waals surface area contributed by atoms with E-state index in [4.69, 9.17) is 19.3 Å². The molecule has 7 nitrogen and oxygen atoms in total. The predicted octanol–water partition coefficient (Wildman–Crippen LogP) is 0.195. The van der Waals surface area contributed by atoms with Crippen LogP contribution < -0.4 is 5.32 Å². The molecule has 0 saturated heterocycles. The fourth-order valence-corrected chi connectivity index (χ4v) is 0.744. The number of ether oxygens (including phenoxy) is 3. The van der Waals surface area contributed by atoms with E-state index in [0.717, 1.165) is 0 Å². The Balaban J connectivity index is 4.21. The number of alkyl carbamates (subject to hydrolysis) is 1. The lowest BCUT2D eigenvalue weighted by Crippen LogP contribution is -2.50. The Bertz CT molecular complexity index is 252. The molecule has 0 rings (SSSR count). The minimum absolute atomic E-state index is 0.0669. The molecule has 0 aromatic rings. The van der Waals surface area contributed by atoms with Gasteiger partial charge in [0.1, 0.15) is 12.1 Å². The fourth-order valence-electron chi connectivity index (χ4n) is 0.744. The minimum Gasteiger partial charge on any atom is -0.480 e. The normalized spacial score (nSPS) is 13.0. The number of carboxylic acids is 1. The average molecular weight is 235 g/mol. The maximum atomic E-state index is 11.3. The molecule has 1 unspecified atom stereocenters. The molecule has 7 heteroatoms. The van der Waals surface area contributed by atoms with Gasteiger partial charge in [0, 0.05) is 14.2 Å². The largest absolute Gasteiger partial charge is 0.480 e. The topological polar surface area (TPSA) is 94.1 Å². The van der Waals surface area contributed by atoms with Gasteiger partial charge >= 0.3 is 12.1 Å². The number of carbonyl (C=O) groups excluding carboxylic acids is 1. The van der Waals surface area contributed by atoms with Crippen LogP contribution in [-0.4, -0.2) is 49.8 Å². The zero-order valence-electron chi connectivity index (χ0n) is 9.77. The van der Waals surface area contributed by atoms with Crippen LogP contribution in [0.4, 0.5) is 4.79 Å². The van der Waals surface area contributed by atoms with Crippen LogP contribution in [-0.2, 0) is 19.0 Å². The molecule has 0 bridgehead atoms. The van der Waals surface area contributed by atoms with Gasteiger partial charge in [-0.1, -0.05) is 0 Å². The van der Waals surface area contributed by atoms with E-state index in [1.807, 2.05) is 0 Å². The summed E-state index contributed by atoms with van der Waals surface area (Å²) in [5.41, 5.74) is -1.40. The third kappa shape index (κ3) is 4.94. The van der Waals surface area contributed by atoms with Crippen molar-refractivity contribution in [1.29, 1.82) is 0 Å². The molecule has 0 saturated carbocycles. The lowest BCUT2D eigenvalue weighted by Gasteiger charge is -2.22. The van der Waals surface area contributed by atoms with Crippen LogP contribution in [0.15, 0.2) is 0 Å². The Labute approximate surface area is 93.7 Å². The van der Waals surface area contributed by atoms with Crippen LogP contribution in [0.1, 0.15) is 13.8 Å². The Hall–Kier alpha value is -1.34. The molecule has 1 amide bonds. The fraction of sp³-hybridized carbons (Fsp3) is 0.778. The summed E-state index contributed by atoms with van der Waals surface area (Å²) in [6.07, 6.45) is -1.74. The highest BCUT2D eigenvalue weighted by molar-refractivity contribution is 5.83. The van der Waals surface area contributed by atoms with Gasteiger partial charge < -0.3 is 24.6 Å². The monoisotopic (exact) mass is 235 g/mol. The summed E-state index contributed by atoms with van der Waals surface area (Å²) >= 11 is 0. The minimum atomic E-state index is -1.40. The number of carboxylic acid groups (broad SMARTS) is 1. The number of aliphatic carboxylic acids is 1. The molecule has 1 atom stereocenters. The number of hydrogen-bond acceptors (Lipinski definition) is 5. The van der Waals surface area contributed by atoms with Crippen LogP contribution in [0.3, 0.4) is 0 Å². The average Bonchev–Trinajstić information content (AvgIpc) is 2.15. The third-order valence-corrected chi connectivity index (χ3v) is 1.75. The van der Waals surface area contributed by atoms with E-state index < -0.39 is 23.9 Å². The maximum absolute atomic E-state index is 11.3. The molecule has 0 aliphatic carbocycles. The van der Waals surface area contributed by atoms with Crippen LogP contribution in [0.5, 0.6) is 0 Å². The molecular formula is C9H17NO6. The Kier molecular flexibility index (Phi) is 5.76. The zero-order valence-corrected chi connectivity index (χ0v) is 9.77. The Morgan fingerprint density at radius 2 is 1.94 bits per heavy atom. The van der Waals surface area contributed by atoms with Crippen molar-refractivity contribution < 1.29 is 28.9 Å². The summed E-state index contributed by atoms with van der Waals surface area (Å²) in [6.45, 7) is 2.75. The summed E-state index contributed by atoms with van der Waals surface area (Å²) in [7, 11) is 2.77. The first kappa shape index (κ1) is 14.7. The van der Waals surface area contributed by atoms with E-state index in [9.17, 15) is 9.59 Å². The standard InChI is InChI=1S/C9H17NO6/c1-9(2,7(11)12)10-8(13)16-6(15-4)5-14-3/h6H,5H2,1-4H3,(H,10,13)(H,11,12). The van der Waals surface area contributed by atoms with Crippen LogP contribution in [0.25, 0.3) is 0 Å². The number of hydrogen-bond donors (Lipinski definition) is 2. The van der Waals surface area contributed by atoms with Crippen molar-refractivity contribution in [1.82, 2.24) is 5.32 Å². The predicted molar refractivity (Wildman–Crippen MR) is 54.0 cm³/mol. The smallest absolute Gasteiger partial charge is 0.410 e. The second-order valence-corrected chi connectivity index (χ2v) is 3.58. The number of nitrogens with one attached hydrogen (secondary N) is 1. The summed E-state index contributed by atoms with van der Waals surface area (Å²) in [5.74, 6) is -1.16. The van der Waals surface area contributed by atoms with E-state index in [1.54, 1.807) is 0 Å². The second kappa shape index (κ2) is 6.29. The van der Waals surface area contributed by atoms with Crippen molar-refractivity contribution >= 4 is 12.1 Å². The van der Waals surface area contributed by atoms with Crippen molar-refractivity contribution in [3.63, 3.8) is 0 Å². The lowest BCUT2D eigenvalue weighted by atomic mass is 10.1. The van der Waals surface area contributed by atoms with Crippen molar-refractivity contribution in [2.24, 2.45) is 0 Å². The maximum Gasteiger partial charge on any atom is 0.410 e. The van der Waals surface area contributed by atoms with Gasteiger partial charge in [-0.25, -0.2) is 9.59 Å². The molecule has 2 N–H and O–H groups in total. The lowest BCUT2D eigenvalue weighted by molar-refractivity contribution is -0.144. The van der Waals surface area contributed by atoms with Gasteiger partial charge in [0.2, 0.25) is 6.29 Å². The highest BCUT2D eigenvalue weighted by Gasteiger charge is 2.30. The van der Waals surface area contributed by atoms with E-state index in [1.165, 1.54) is 28.1 Å². The van der Waals surface area contributed by atoms with Crippen LogP contribution in [0, 0.1) is 0 Å². The van der Waals surface area contributed by atoms with Crippen molar-refractivity contribution in [3.8, 4) is 0 Å². The molecule has 0 aromatic carbocycles. The van der Waals surface area contributed by atoms with Crippen LogP contribution >= 0.6 is 0 Å². The Morgan fingerprint density at radius 1 is 1.38 bits per heavy atom. The highest BCUT2D eigenvalue weighted by atomic mass is 16.7. The first-order chi connectivity index (χ1) is 7.33. The van der Waals surface area contributed by atoms with Crippen molar-refractivity contribution in [2.75, 3.05) is 20.8 Å². The van der Waals surface area contributed by atoms with E-state index in [-0.39, 0.29) is 6.61 Å². The molecule has 94 valence electrons. The van der Waals surface area contributed by atoms with E-state index in [2.05, 4.69) is 5.32 Å². The summed E-state index contributed by atoms with van der Waals surface area (Å²) in [5, 5.41) is 10.9. The molecule has 0 aliphatic heterocycles. The van der Waals surface area contributed by atoms with Gasteiger partial charge in [-0.05, 0) is 13.8 Å². The molecule has 0 heterocycles. The van der Waals surface area contributed by atoms with E-state index in [0.29, 0.717) is 0 Å². The molecular weight excluding hydrogens is 218 g/mol. The molecule has 0 radical (unpaired) electrons. The summed E-state index contributed by atoms with van der Waals surface area (Å²) < 4.78 is 14.3. The molecule has 0 fully saturated rings. The van der Waals surface area contributed by atoms with Gasteiger partial charge in [-0.3, -0.25) is 0 Å². The molecule has 16 heavy (non-hydrogen) atoms. The number of carbonyl (C=O) groups is 2. The van der Waals surface area contributed by atoms with Crippen molar-refractivity contribution in [2.45, 2.75) is 25.7 Å². The second-order valence-electron chi connectivity index (χ2n) is 3.58. The summed E-state index contributed by atoms with van der Waals surface area (Å²) in [4.78, 5) is 22.0. The molecule has 0 spiro atoms. The Morgan fingerprint density at radius 3 is 2.31 bits per heavy atom. The van der Waals surface area contributed by atoms with Gasteiger partial charge in [-0.2, -0.15) is 0 Å². The quantitative estimate of drug-likeness (QED) is 0.638. The van der Waals surface area contributed by atoms with Gasteiger partial charge in [0.25, 0.3) is 0 Å². The van der Waals surface area contributed by atoms with Gasteiger partial charge in [0.05, 0.1) is 0 Å². The number of rotatable bonds is 6. The van der Waals surface area contributed by atoms with Crippen LogP contribution in [0.2, 0.25) is 0 Å². The van der Waals surface area contributed by atoms with Crippen molar-refractivity contribution in [3.05, 3.63) is 0 Å². The van der Waals surface area contributed by atoms with E-state index >= 15 is 0 Å². The third-order valence-electron chi connectivity index (χ3n) is 1.75. The number of methoxy groups -OCH3 is 2. The first-order valence-electron chi connectivity index (χ1n) is 4.57. The molecule has 0 aromatic heterocycles. The molecule has 0 aliphatic rings. The van der Waals surface area contributed by atoms with Gasteiger partial charge in [-0.15, -0.1) is 0 Å².